The predicted octanol–water partition coefficient (Wildman–Crippen LogP) is 4.40. The van der Waals surface area contributed by atoms with Gasteiger partial charge in [0.15, 0.2) is 0 Å². The summed E-state index contributed by atoms with van der Waals surface area (Å²) in [6.45, 7) is 4.69. The summed E-state index contributed by atoms with van der Waals surface area (Å²) < 4.78 is 0. The highest BCUT2D eigenvalue weighted by Crippen LogP contribution is 2.40. The minimum absolute atomic E-state index is 0.467. The van der Waals surface area contributed by atoms with Crippen molar-refractivity contribution >= 4 is 23.0 Å². The Morgan fingerprint density at radius 2 is 2.06 bits per heavy atom. The van der Waals surface area contributed by atoms with Crippen molar-refractivity contribution in [2.75, 3.05) is 24.3 Å². The smallest absolute Gasteiger partial charge is 0.0786 e. The quantitative estimate of drug-likeness (QED) is 0.873. The molecule has 1 aliphatic carbocycles. The highest BCUT2D eigenvalue weighted by Gasteiger charge is 2.31. The van der Waals surface area contributed by atoms with E-state index in [1.165, 1.54) is 19.3 Å². The van der Waals surface area contributed by atoms with Gasteiger partial charge in [-0.05, 0) is 36.8 Å². The van der Waals surface area contributed by atoms with Crippen molar-refractivity contribution in [3.63, 3.8) is 0 Å². The molecule has 1 aromatic carbocycles. The van der Waals surface area contributed by atoms with Crippen LogP contribution in [0.15, 0.2) is 18.2 Å². The van der Waals surface area contributed by atoms with Gasteiger partial charge in [0.25, 0.3) is 0 Å². The molecule has 0 spiro atoms. The molecule has 0 aromatic heterocycles. The predicted molar refractivity (Wildman–Crippen MR) is 80.8 cm³/mol. The van der Waals surface area contributed by atoms with E-state index in [1.807, 2.05) is 26.2 Å². The lowest BCUT2D eigenvalue weighted by Crippen LogP contribution is -2.20. The lowest BCUT2D eigenvalue weighted by Gasteiger charge is -2.23. The van der Waals surface area contributed by atoms with Crippen LogP contribution in [0.1, 0.15) is 33.1 Å². The molecule has 0 aliphatic heterocycles. The first-order valence-corrected chi connectivity index (χ1v) is 6.99. The number of anilines is 2. The van der Waals surface area contributed by atoms with Gasteiger partial charge in [0.1, 0.15) is 0 Å². The van der Waals surface area contributed by atoms with E-state index in [4.69, 9.17) is 11.6 Å². The standard InChI is InChI=1S/C15H23ClN2/c1-15(2)9-8-11(10-15)17-13-7-5-6-12(16)14(13)18(3)4/h5-7,11,17H,8-10H2,1-4H3. The molecule has 1 unspecified atom stereocenters. The first-order valence-electron chi connectivity index (χ1n) is 6.61. The van der Waals surface area contributed by atoms with Gasteiger partial charge in [-0.1, -0.05) is 31.5 Å². The van der Waals surface area contributed by atoms with Crippen LogP contribution in [0.5, 0.6) is 0 Å². The molecule has 100 valence electrons. The van der Waals surface area contributed by atoms with Gasteiger partial charge >= 0.3 is 0 Å². The summed E-state index contributed by atoms with van der Waals surface area (Å²) in [6.07, 6.45) is 3.77. The average molecular weight is 267 g/mol. The van der Waals surface area contributed by atoms with Crippen molar-refractivity contribution in [3.05, 3.63) is 23.2 Å². The summed E-state index contributed by atoms with van der Waals surface area (Å²) in [5.74, 6) is 0. The summed E-state index contributed by atoms with van der Waals surface area (Å²) in [4.78, 5) is 2.07. The zero-order valence-corrected chi connectivity index (χ0v) is 12.5. The van der Waals surface area contributed by atoms with Crippen molar-refractivity contribution < 1.29 is 0 Å². The molecule has 1 N–H and O–H groups in total. The minimum atomic E-state index is 0.467. The molecule has 1 saturated carbocycles. The number of halogens is 1. The minimum Gasteiger partial charge on any atom is -0.381 e. The molecule has 0 amide bonds. The second-order valence-corrected chi connectivity index (χ2v) is 6.69. The highest BCUT2D eigenvalue weighted by atomic mass is 35.5. The van der Waals surface area contributed by atoms with Crippen molar-refractivity contribution in [1.29, 1.82) is 0 Å². The highest BCUT2D eigenvalue weighted by molar-refractivity contribution is 6.34. The zero-order valence-electron chi connectivity index (χ0n) is 11.8. The van der Waals surface area contributed by atoms with Crippen LogP contribution in [0.4, 0.5) is 11.4 Å². The maximum absolute atomic E-state index is 6.28. The van der Waals surface area contributed by atoms with Crippen LogP contribution < -0.4 is 10.2 Å². The first kappa shape index (κ1) is 13.5. The molecule has 2 nitrogen and oxygen atoms in total. The van der Waals surface area contributed by atoms with Crippen LogP contribution in [0.25, 0.3) is 0 Å². The van der Waals surface area contributed by atoms with Crippen LogP contribution in [-0.2, 0) is 0 Å². The maximum Gasteiger partial charge on any atom is 0.0786 e. The van der Waals surface area contributed by atoms with E-state index in [2.05, 4.69) is 30.1 Å². The van der Waals surface area contributed by atoms with Crippen LogP contribution in [-0.4, -0.2) is 20.1 Å². The van der Waals surface area contributed by atoms with E-state index in [1.54, 1.807) is 0 Å². The van der Waals surface area contributed by atoms with Crippen LogP contribution in [0.2, 0.25) is 5.02 Å². The number of rotatable bonds is 3. The van der Waals surface area contributed by atoms with Gasteiger partial charge in [0, 0.05) is 20.1 Å². The number of benzene rings is 1. The fraction of sp³-hybridized carbons (Fsp3) is 0.600. The van der Waals surface area contributed by atoms with Crippen molar-refractivity contribution in [3.8, 4) is 0 Å². The van der Waals surface area contributed by atoms with Gasteiger partial charge in [-0.2, -0.15) is 0 Å². The Morgan fingerprint density at radius 1 is 1.33 bits per heavy atom. The molecular formula is C15H23ClN2. The first-order chi connectivity index (χ1) is 8.39. The number of hydrogen-bond acceptors (Lipinski definition) is 2. The van der Waals surface area contributed by atoms with Crippen molar-refractivity contribution in [2.45, 2.75) is 39.2 Å². The summed E-state index contributed by atoms with van der Waals surface area (Å²) in [7, 11) is 4.07. The molecule has 1 atom stereocenters. The van der Waals surface area contributed by atoms with Gasteiger partial charge < -0.3 is 10.2 Å². The van der Waals surface area contributed by atoms with Gasteiger partial charge in [0.05, 0.1) is 16.4 Å². The molecule has 2 rings (SSSR count). The molecular weight excluding hydrogens is 244 g/mol. The monoisotopic (exact) mass is 266 g/mol. The number of hydrogen-bond donors (Lipinski definition) is 1. The van der Waals surface area contributed by atoms with Crippen molar-refractivity contribution in [2.24, 2.45) is 5.41 Å². The van der Waals surface area contributed by atoms with Crippen LogP contribution in [0, 0.1) is 5.41 Å². The summed E-state index contributed by atoms with van der Waals surface area (Å²) in [5, 5.41) is 4.47. The lowest BCUT2D eigenvalue weighted by atomic mass is 9.92. The van der Waals surface area contributed by atoms with Gasteiger partial charge in [-0.25, -0.2) is 0 Å². The second-order valence-electron chi connectivity index (χ2n) is 6.28. The number of nitrogens with one attached hydrogen (secondary N) is 1. The Bertz CT molecular complexity index is 427. The van der Waals surface area contributed by atoms with E-state index in [0.717, 1.165) is 16.4 Å². The Kier molecular flexibility index (Phi) is 3.76. The molecule has 0 saturated heterocycles. The molecule has 1 aromatic rings. The molecule has 1 fully saturated rings. The molecule has 0 radical (unpaired) electrons. The maximum atomic E-state index is 6.28. The molecule has 0 heterocycles. The van der Waals surface area contributed by atoms with Gasteiger partial charge in [-0.3, -0.25) is 0 Å². The molecule has 18 heavy (non-hydrogen) atoms. The summed E-state index contributed by atoms with van der Waals surface area (Å²) in [6, 6.07) is 6.64. The fourth-order valence-corrected chi connectivity index (χ4v) is 3.21. The van der Waals surface area contributed by atoms with E-state index in [0.29, 0.717) is 11.5 Å². The van der Waals surface area contributed by atoms with Crippen LogP contribution >= 0.6 is 11.6 Å². The topological polar surface area (TPSA) is 15.3 Å². The van der Waals surface area contributed by atoms with Crippen molar-refractivity contribution in [1.82, 2.24) is 0 Å². The molecule has 3 heteroatoms. The number of nitrogens with zero attached hydrogens (tertiary/aromatic N) is 1. The Labute approximate surface area is 115 Å². The van der Waals surface area contributed by atoms with E-state index in [-0.39, 0.29) is 0 Å². The summed E-state index contributed by atoms with van der Waals surface area (Å²) in [5.41, 5.74) is 2.70. The van der Waals surface area contributed by atoms with E-state index >= 15 is 0 Å². The summed E-state index contributed by atoms with van der Waals surface area (Å²) >= 11 is 6.28. The SMILES string of the molecule is CN(C)c1c(Cl)cccc1NC1CCC(C)(C)C1. The third-order valence-electron chi connectivity index (χ3n) is 3.76. The lowest BCUT2D eigenvalue weighted by molar-refractivity contribution is 0.378. The molecule has 0 bridgehead atoms. The third-order valence-corrected chi connectivity index (χ3v) is 4.07. The Hall–Kier alpha value is -0.890. The van der Waals surface area contributed by atoms with E-state index < -0.39 is 0 Å². The Balaban J connectivity index is 2.17. The van der Waals surface area contributed by atoms with E-state index in [9.17, 15) is 0 Å². The number of para-hydroxylation sites is 1. The normalized spacial score (nSPS) is 21.9. The molecule has 1 aliphatic rings. The second kappa shape index (κ2) is 5.00. The largest absolute Gasteiger partial charge is 0.381 e. The van der Waals surface area contributed by atoms with Gasteiger partial charge in [0.2, 0.25) is 0 Å². The van der Waals surface area contributed by atoms with Gasteiger partial charge in [-0.15, -0.1) is 0 Å². The zero-order chi connectivity index (χ0) is 13.3. The Morgan fingerprint density at radius 3 is 2.61 bits per heavy atom. The average Bonchev–Trinajstić information content (AvgIpc) is 2.57. The fourth-order valence-electron chi connectivity index (χ4n) is 2.87. The third kappa shape index (κ3) is 2.92. The van der Waals surface area contributed by atoms with Crippen LogP contribution in [0.3, 0.4) is 0 Å².